The number of hydrogen-bond acceptors (Lipinski definition) is 9. The molecule has 1 N–H and O–H groups in total. The van der Waals surface area contributed by atoms with Gasteiger partial charge in [-0.05, 0) is 36.5 Å². The number of carbonyl (C=O) groups excluding carboxylic acids is 2. The first kappa shape index (κ1) is 33.7. The lowest BCUT2D eigenvalue weighted by atomic mass is 10.1. The van der Waals surface area contributed by atoms with Crippen LogP contribution in [0, 0.1) is 10.1 Å². The van der Waals surface area contributed by atoms with Crippen molar-refractivity contribution in [2.24, 2.45) is 0 Å². The molecule has 0 heterocycles. The van der Waals surface area contributed by atoms with Gasteiger partial charge < -0.3 is 14.6 Å². The smallest absolute Gasteiger partial charge is 0.410 e. The van der Waals surface area contributed by atoms with Gasteiger partial charge in [-0.3, -0.25) is 19.8 Å². The monoisotopic (exact) mass is 627 g/mol. The molecule has 2 atom stereocenters. The van der Waals surface area contributed by atoms with Gasteiger partial charge in [0.2, 0.25) is 0 Å². The van der Waals surface area contributed by atoms with Crippen molar-refractivity contribution in [2.75, 3.05) is 20.7 Å². The number of carbonyl (C=O) groups is 3. The Morgan fingerprint density at radius 2 is 1.48 bits per heavy atom. The number of amides is 1. The Morgan fingerprint density at radius 3 is 2.05 bits per heavy atom. The summed E-state index contributed by atoms with van der Waals surface area (Å²) in [6.07, 6.45) is -1.32. The molecule has 0 aliphatic carbocycles. The Hall–Kier alpha value is -4.82. The highest BCUT2D eigenvalue weighted by molar-refractivity contribution is 7.89. The van der Waals surface area contributed by atoms with Crippen molar-refractivity contribution in [1.82, 2.24) is 9.21 Å². The summed E-state index contributed by atoms with van der Waals surface area (Å²) < 4.78 is 38.7. The van der Waals surface area contributed by atoms with Crippen LogP contribution in [0.25, 0.3) is 0 Å². The second kappa shape index (κ2) is 15.6. The van der Waals surface area contributed by atoms with Crippen molar-refractivity contribution < 1.29 is 42.3 Å². The van der Waals surface area contributed by atoms with Gasteiger partial charge in [0.15, 0.2) is 4.90 Å². The Kier molecular flexibility index (Phi) is 11.9. The van der Waals surface area contributed by atoms with E-state index in [0.717, 1.165) is 29.7 Å². The summed E-state index contributed by atoms with van der Waals surface area (Å²) >= 11 is 0. The number of esters is 1. The van der Waals surface area contributed by atoms with E-state index in [1.54, 1.807) is 60.7 Å². The number of rotatable bonds is 15. The number of carboxylic acid groups (broad SMARTS) is 1. The lowest BCUT2D eigenvalue weighted by Crippen LogP contribution is -2.48. The minimum absolute atomic E-state index is 0.0560. The maximum absolute atomic E-state index is 13.9. The number of nitro benzene ring substituents is 1. The molecule has 44 heavy (non-hydrogen) atoms. The summed E-state index contributed by atoms with van der Waals surface area (Å²) in [6, 6.07) is 19.0. The second-order valence-corrected chi connectivity index (χ2v) is 11.6. The van der Waals surface area contributed by atoms with Crippen molar-refractivity contribution in [1.29, 1.82) is 0 Å². The van der Waals surface area contributed by atoms with Crippen molar-refractivity contribution >= 4 is 33.7 Å². The van der Waals surface area contributed by atoms with Gasteiger partial charge in [-0.2, -0.15) is 4.31 Å². The highest BCUT2D eigenvalue weighted by atomic mass is 32.2. The molecule has 0 fully saturated rings. The first-order chi connectivity index (χ1) is 21.0. The van der Waals surface area contributed by atoms with Crippen LogP contribution >= 0.6 is 0 Å². The highest BCUT2D eigenvalue weighted by Gasteiger charge is 2.39. The summed E-state index contributed by atoms with van der Waals surface area (Å²) in [5, 5.41) is 21.8. The Labute approximate surface area is 254 Å². The van der Waals surface area contributed by atoms with E-state index in [4.69, 9.17) is 9.47 Å². The summed E-state index contributed by atoms with van der Waals surface area (Å²) in [5.74, 6) is -2.27. The molecule has 3 aromatic carbocycles. The first-order valence-electron chi connectivity index (χ1n) is 13.5. The zero-order valence-corrected chi connectivity index (χ0v) is 25.0. The molecule has 0 bridgehead atoms. The van der Waals surface area contributed by atoms with E-state index in [0.29, 0.717) is 9.87 Å². The summed E-state index contributed by atoms with van der Waals surface area (Å²) in [5.41, 5.74) is 0.531. The van der Waals surface area contributed by atoms with Crippen LogP contribution in [-0.2, 0) is 42.1 Å². The maximum Gasteiger partial charge on any atom is 0.410 e. The Balaban J connectivity index is 1.89. The van der Waals surface area contributed by atoms with Gasteiger partial charge in [0, 0.05) is 19.7 Å². The molecule has 3 rings (SSSR count). The normalized spacial score (nSPS) is 12.6. The predicted molar refractivity (Wildman–Crippen MR) is 158 cm³/mol. The zero-order valence-electron chi connectivity index (χ0n) is 24.1. The molecular weight excluding hydrogens is 594 g/mol. The van der Waals surface area contributed by atoms with Gasteiger partial charge in [-0.1, -0.05) is 72.8 Å². The van der Waals surface area contributed by atoms with Crippen molar-refractivity contribution in [3.63, 3.8) is 0 Å². The molecule has 0 saturated heterocycles. The topological polar surface area (TPSA) is 174 Å². The molecule has 13 nitrogen and oxygen atoms in total. The lowest BCUT2D eigenvalue weighted by Gasteiger charge is -2.30. The summed E-state index contributed by atoms with van der Waals surface area (Å²) in [7, 11) is -2.30. The molecule has 0 aromatic heterocycles. The standard InChI is InChI=1S/C30H33N3O10S/c1-31(30(37)43-21-23-14-7-4-8-15-23)25(29(36)42-2)17-11-19-32(26(28(34)35)20-22-12-5-3-6-13-22)44(40,41)27-18-10-9-16-24(27)33(38)39/h3-10,12-16,18,25-26H,11,17,19-21H2,1-2H3,(H,34,35)/t25-,26-/m0/s1. The lowest BCUT2D eigenvalue weighted by molar-refractivity contribution is -0.387. The number of aliphatic carboxylic acids is 1. The number of nitro groups is 1. The van der Waals surface area contributed by atoms with Crippen molar-refractivity contribution in [2.45, 2.75) is 42.8 Å². The number of carboxylic acids is 1. The van der Waals surface area contributed by atoms with E-state index in [2.05, 4.69) is 0 Å². The summed E-state index contributed by atoms with van der Waals surface area (Å²) in [4.78, 5) is 49.1. The van der Waals surface area contributed by atoms with Crippen LogP contribution in [0.15, 0.2) is 89.8 Å². The number of methoxy groups -OCH3 is 1. The number of ether oxygens (including phenoxy) is 2. The SMILES string of the molecule is COC(=O)[C@H](CCCN([C@@H](Cc1ccccc1)C(=O)O)S(=O)(=O)c1ccccc1[N+](=O)[O-])N(C)C(=O)OCc1ccccc1. The Morgan fingerprint density at radius 1 is 0.909 bits per heavy atom. The zero-order chi connectivity index (χ0) is 32.3. The fourth-order valence-electron chi connectivity index (χ4n) is 4.54. The van der Waals surface area contributed by atoms with Gasteiger partial charge in [0.1, 0.15) is 18.7 Å². The van der Waals surface area contributed by atoms with E-state index >= 15 is 0 Å². The molecule has 0 spiro atoms. The van der Waals surface area contributed by atoms with Gasteiger partial charge in [-0.25, -0.2) is 18.0 Å². The van der Waals surface area contributed by atoms with E-state index in [-0.39, 0.29) is 25.9 Å². The van der Waals surface area contributed by atoms with Gasteiger partial charge in [-0.15, -0.1) is 0 Å². The van der Waals surface area contributed by atoms with Crippen LogP contribution in [-0.4, -0.2) is 78.5 Å². The molecule has 0 radical (unpaired) electrons. The minimum Gasteiger partial charge on any atom is -0.480 e. The largest absolute Gasteiger partial charge is 0.480 e. The van der Waals surface area contributed by atoms with Gasteiger partial charge in [0.25, 0.3) is 15.7 Å². The summed E-state index contributed by atoms with van der Waals surface area (Å²) in [6.45, 7) is -0.502. The molecule has 0 unspecified atom stereocenters. The third-order valence-electron chi connectivity index (χ3n) is 6.84. The minimum atomic E-state index is -4.75. The van der Waals surface area contributed by atoms with E-state index < -0.39 is 62.2 Å². The van der Waals surface area contributed by atoms with E-state index in [1.807, 2.05) is 0 Å². The quantitative estimate of drug-likeness (QED) is 0.148. The number of nitrogens with zero attached hydrogens (tertiary/aromatic N) is 3. The Bertz CT molecular complexity index is 1550. The molecule has 0 aliphatic heterocycles. The highest BCUT2D eigenvalue weighted by Crippen LogP contribution is 2.29. The van der Waals surface area contributed by atoms with Crippen LogP contribution in [0.2, 0.25) is 0 Å². The second-order valence-electron chi connectivity index (χ2n) is 9.72. The number of benzene rings is 3. The molecule has 0 saturated carbocycles. The number of likely N-dealkylation sites (N-methyl/N-ethyl adjacent to an activating group) is 1. The van der Waals surface area contributed by atoms with Crippen LogP contribution in [0.4, 0.5) is 10.5 Å². The number of hydrogen-bond donors (Lipinski definition) is 1. The van der Waals surface area contributed by atoms with Crippen LogP contribution in [0.5, 0.6) is 0 Å². The van der Waals surface area contributed by atoms with Crippen LogP contribution in [0.3, 0.4) is 0 Å². The first-order valence-corrected chi connectivity index (χ1v) is 14.9. The maximum atomic E-state index is 13.9. The fraction of sp³-hybridized carbons (Fsp3) is 0.300. The molecule has 234 valence electrons. The number of sulfonamides is 1. The van der Waals surface area contributed by atoms with Crippen LogP contribution < -0.4 is 0 Å². The third kappa shape index (κ3) is 8.61. The molecule has 1 amide bonds. The average molecular weight is 628 g/mol. The van der Waals surface area contributed by atoms with Gasteiger partial charge in [0.05, 0.1) is 12.0 Å². The third-order valence-corrected chi connectivity index (χ3v) is 8.80. The van der Waals surface area contributed by atoms with E-state index in [9.17, 15) is 38.0 Å². The molecule has 0 aliphatic rings. The fourth-order valence-corrected chi connectivity index (χ4v) is 6.32. The molecule has 3 aromatic rings. The molecular formula is C30H33N3O10S. The predicted octanol–water partition coefficient (Wildman–Crippen LogP) is 3.87. The average Bonchev–Trinajstić information content (AvgIpc) is 3.03. The molecule has 14 heteroatoms. The van der Waals surface area contributed by atoms with Crippen molar-refractivity contribution in [3.8, 4) is 0 Å². The van der Waals surface area contributed by atoms with Crippen molar-refractivity contribution in [3.05, 3.63) is 106 Å². The van der Waals surface area contributed by atoms with Gasteiger partial charge >= 0.3 is 18.0 Å². The van der Waals surface area contributed by atoms with E-state index in [1.165, 1.54) is 19.2 Å². The number of para-hydroxylation sites is 1. The van der Waals surface area contributed by atoms with Crippen LogP contribution in [0.1, 0.15) is 24.0 Å².